The van der Waals surface area contributed by atoms with Crippen molar-refractivity contribution in [3.63, 3.8) is 0 Å². The summed E-state index contributed by atoms with van der Waals surface area (Å²) >= 11 is 0. The normalized spacial score (nSPS) is 12.6. The molecule has 0 heterocycles. The highest BCUT2D eigenvalue weighted by Crippen LogP contribution is 2.25. The van der Waals surface area contributed by atoms with Crippen molar-refractivity contribution < 1.29 is 19.1 Å². The van der Waals surface area contributed by atoms with Crippen LogP contribution in [0.1, 0.15) is 75.8 Å². The van der Waals surface area contributed by atoms with E-state index in [0.717, 1.165) is 35.1 Å². The fraction of sp³-hybridized carbons (Fsp3) is 0.400. The smallest absolute Gasteiger partial charge is 0.408 e. The predicted molar refractivity (Wildman–Crippen MR) is 167 cm³/mol. The lowest BCUT2D eigenvalue weighted by Crippen LogP contribution is -2.54. The molecule has 2 unspecified atom stereocenters. The summed E-state index contributed by atoms with van der Waals surface area (Å²) in [6, 6.07) is 25.2. The van der Waals surface area contributed by atoms with E-state index in [1.807, 2.05) is 91.9 Å². The molecule has 3 aromatic rings. The summed E-state index contributed by atoms with van der Waals surface area (Å²) in [7, 11) is 0. The lowest BCUT2D eigenvalue weighted by Gasteiger charge is -2.34. The molecule has 0 aliphatic carbocycles. The number of hydrogen-bond acceptors (Lipinski definition) is 4. The molecule has 2 N–H and O–H groups in total. The third-order valence-electron chi connectivity index (χ3n) is 6.88. The van der Waals surface area contributed by atoms with E-state index < -0.39 is 23.8 Å². The maximum atomic E-state index is 14.4. The fourth-order valence-electron chi connectivity index (χ4n) is 4.69. The molecular formula is C35H45N3O4. The van der Waals surface area contributed by atoms with Crippen LogP contribution in [0.3, 0.4) is 0 Å². The van der Waals surface area contributed by atoms with Gasteiger partial charge in [0.15, 0.2) is 0 Å². The summed E-state index contributed by atoms with van der Waals surface area (Å²) in [6.07, 6.45) is 1.98. The molecule has 0 aromatic heterocycles. The van der Waals surface area contributed by atoms with Gasteiger partial charge in [-0.2, -0.15) is 0 Å². The number of rotatable bonds is 13. The first kappa shape index (κ1) is 32.4. The summed E-state index contributed by atoms with van der Waals surface area (Å²) in [4.78, 5) is 42.9. The molecule has 3 aromatic carbocycles. The van der Waals surface area contributed by atoms with Crippen molar-refractivity contribution in [2.24, 2.45) is 0 Å². The number of amides is 3. The summed E-state index contributed by atoms with van der Waals surface area (Å²) in [5, 5.41) is 5.87. The summed E-state index contributed by atoms with van der Waals surface area (Å²) < 4.78 is 5.52. The predicted octanol–water partition coefficient (Wildman–Crippen LogP) is 6.37. The fourth-order valence-corrected chi connectivity index (χ4v) is 4.69. The SMILES string of the molecule is CCCCN(C(=O)C(Cc1ccccc1)NC(=O)OC(C)(C)C)C(C(=O)NCc1ccccc1)c1ccc(CC)cc1. The Hall–Kier alpha value is -4.13. The number of hydrogen-bond donors (Lipinski definition) is 2. The van der Waals surface area contributed by atoms with Gasteiger partial charge >= 0.3 is 6.09 Å². The van der Waals surface area contributed by atoms with Crippen molar-refractivity contribution in [1.29, 1.82) is 0 Å². The number of nitrogens with one attached hydrogen (secondary N) is 2. The molecule has 0 radical (unpaired) electrons. The van der Waals surface area contributed by atoms with Gasteiger partial charge in [0.25, 0.3) is 0 Å². The van der Waals surface area contributed by atoms with Gasteiger partial charge in [-0.05, 0) is 55.9 Å². The highest BCUT2D eigenvalue weighted by atomic mass is 16.6. The molecule has 3 rings (SSSR count). The van der Waals surface area contributed by atoms with E-state index in [1.165, 1.54) is 0 Å². The lowest BCUT2D eigenvalue weighted by molar-refractivity contribution is -0.142. The van der Waals surface area contributed by atoms with E-state index in [2.05, 4.69) is 17.6 Å². The van der Waals surface area contributed by atoms with Crippen molar-refractivity contribution in [2.75, 3.05) is 6.54 Å². The molecule has 3 amide bonds. The van der Waals surface area contributed by atoms with Crippen LogP contribution in [0, 0.1) is 0 Å². The molecule has 0 spiro atoms. The second-order valence-corrected chi connectivity index (χ2v) is 11.5. The second-order valence-electron chi connectivity index (χ2n) is 11.5. The number of aryl methyl sites for hydroxylation is 1. The van der Waals surface area contributed by atoms with Gasteiger partial charge in [-0.3, -0.25) is 9.59 Å². The zero-order chi connectivity index (χ0) is 30.5. The van der Waals surface area contributed by atoms with Gasteiger partial charge in [0.05, 0.1) is 0 Å². The average Bonchev–Trinajstić information content (AvgIpc) is 2.97. The van der Waals surface area contributed by atoms with Gasteiger partial charge < -0.3 is 20.3 Å². The molecule has 42 heavy (non-hydrogen) atoms. The Kier molecular flexibility index (Phi) is 12.1. The van der Waals surface area contributed by atoms with Crippen molar-refractivity contribution in [2.45, 2.75) is 84.5 Å². The van der Waals surface area contributed by atoms with Gasteiger partial charge in [0, 0.05) is 19.5 Å². The molecule has 0 fully saturated rings. The van der Waals surface area contributed by atoms with Gasteiger partial charge in [-0.1, -0.05) is 105 Å². The van der Waals surface area contributed by atoms with E-state index in [1.54, 1.807) is 25.7 Å². The number of benzene rings is 3. The molecule has 224 valence electrons. The molecule has 7 nitrogen and oxygen atoms in total. The van der Waals surface area contributed by atoms with E-state index in [9.17, 15) is 14.4 Å². The van der Waals surface area contributed by atoms with E-state index in [-0.39, 0.29) is 18.2 Å². The maximum absolute atomic E-state index is 14.4. The van der Waals surface area contributed by atoms with Crippen LogP contribution in [0.2, 0.25) is 0 Å². The van der Waals surface area contributed by atoms with Gasteiger partial charge in [-0.25, -0.2) is 4.79 Å². The topological polar surface area (TPSA) is 87.7 Å². The number of carbonyl (C=O) groups is 3. The highest BCUT2D eigenvalue weighted by molar-refractivity contribution is 5.92. The largest absolute Gasteiger partial charge is 0.444 e. The summed E-state index contributed by atoms with van der Waals surface area (Å²) in [5.41, 5.74) is 2.98. The Balaban J connectivity index is 2.00. The van der Waals surface area contributed by atoms with Crippen molar-refractivity contribution in [3.05, 3.63) is 107 Å². The Bertz CT molecular complexity index is 1270. The van der Waals surface area contributed by atoms with Gasteiger partial charge in [0.1, 0.15) is 17.7 Å². The van der Waals surface area contributed by atoms with E-state index >= 15 is 0 Å². The minimum atomic E-state index is -0.932. The summed E-state index contributed by atoms with van der Waals surface area (Å²) in [5.74, 6) is -0.610. The van der Waals surface area contributed by atoms with Crippen molar-refractivity contribution >= 4 is 17.9 Å². The van der Waals surface area contributed by atoms with Gasteiger partial charge in [-0.15, -0.1) is 0 Å². The van der Waals surface area contributed by atoms with Crippen LogP contribution in [-0.4, -0.2) is 41.0 Å². The Labute approximate surface area is 250 Å². The summed E-state index contributed by atoms with van der Waals surface area (Å²) in [6.45, 7) is 10.2. The second kappa shape index (κ2) is 15.8. The van der Waals surface area contributed by atoms with Gasteiger partial charge in [0.2, 0.25) is 11.8 Å². The maximum Gasteiger partial charge on any atom is 0.408 e. The third-order valence-corrected chi connectivity index (χ3v) is 6.88. The minimum absolute atomic E-state index is 0.259. The Morgan fingerprint density at radius 3 is 1.95 bits per heavy atom. The number of nitrogens with zero attached hydrogens (tertiary/aromatic N) is 1. The number of carbonyl (C=O) groups excluding carboxylic acids is 3. The molecule has 0 saturated heterocycles. The number of alkyl carbamates (subject to hydrolysis) is 1. The van der Waals surface area contributed by atoms with Crippen LogP contribution in [0.5, 0.6) is 0 Å². The van der Waals surface area contributed by atoms with Crippen LogP contribution in [0.25, 0.3) is 0 Å². The number of ether oxygens (including phenoxy) is 1. The first-order chi connectivity index (χ1) is 20.1. The molecule has 7 heteroatoms. The molecule has 0 saturated carbocycles. The van der Waals surface area contributed by atoms with Crippen LogP contribution < -0.4 is 10.6 Å². The van der Waals surface area contributed by atoms with Crippen LogP contribution in [-0.2, 0) is 33.7 Å². The van der Waals surface area contributed by atoms with Crippen LogP contribution in [0.4, 0.5) is 4.79 Å². The average molecular weight is 572 g/mol. The van der Waals surface area contributed by atoms with Crippen molar-refractivity contribution in [3.8, 4) is 0 Å². The minimum Gasteiger partial charge on any atom is -0.444 e. The molecular weight excluding hydrogens is 526 g/mol. The quantitative estimate of drug-likeness (QED) is 0.250. The molecule has 0 aliphatic rings. The molecule has 0 bridgehead atoms. The standard InChI is InChI=1S/C35H45N3O4/c1-6-8-23-38(33(40)30(24-27-15-11-9-12-16-27)37-34(41)42-35(3,4)5)31(29-21-19-26(7-2)20-22-29)32(39)36-25-28-17-13-10-14-18-28/h9-22,30-31H,6-8,23-25H2,1-5H3,(H,36,39)(H,37,41). The van der Waals surface area contributed by atoms with Crippen molar-refractivity contribution in [1.82, 2.24) is 15.5 Å². The highest BCUT2D eigenvalue weighted by Gasteiger charge is 2.36. The number of unbranched alkanes of at least 4 members (excludes halogenated alkanes) is 1. The zero-order valence-electron chi connectivity index (χ0n) is 25.6. The van der Waals surface area contributed by atoms with Crippen LogP contribution >= 0.6 is 0 Å². The first-order valence-corrected chi connectivity index (χ1v) is 14.9. The zero-order valence-corrected chi connectivity index (χ0v) is 25.6. The molecule has 0 aliphatic heterocycles. The Morgan fingerprint density at radius 2 is 1.40 bits per heavy atom. The third kappa shape index (κ3) is 10.1. The monoisotopic (exact) mass is 571 g/mol. The molecule has 2 atom stereocenters. The first-order valence-electron chi connectivity index (χ1n) is 14.9. The lowest BCUT2D eigenvalue weighted by atomic mass is 9.98. The van der Waals surface area contributed by atoms with E-state index in [4.69, 9.17) is 4.74 Å². The Morgan fingerprint density at radius 1 is 0.810 bits per heavy atom. The van der Waals surface area contributed by atoms with E-state index in [0.29, 0.717) is 19.5 Å². The van der Waals surface area contributed by atoms with Crippen LogP contribution in [0.15, 0.2) is 84.9 Å².